The quantitative estimate of drug-likeness (QED) is 0.415. The number of rotatable bonds is 10. The molecule has 7 nitrogen and oxygen atoms in total. The Balaban J connectivity index is 1.75. The minimum atomic E-state index is -3.74. The number of carbonyl (C=O) groups is 1. The number of aromatic nitrogens is 1. The van der Waals surface area contributed by atoms with Crippen LogP contribution in [0, 0.1) is 0 Å². The van der Waals surface area contributed by atoms with Gasteiger partial charge in [-0.15, -0.1) is 23.2 Å². The molecular weight excluding hydrogens is 481 g/mol. The van der Waals surface area contributed by atoms with Crippen LogP contribution in [0.1, 0.15) is 17.3 Å². The lowest BCUT2D eigenvalue weighted by molar-refractivity contribution is 0.102. The fraction of sp³-hybridized carbons (Fsp3) is 0.300. The Morgan fingerprint density at radius 1 is 1.13 bits per heavy atom. The molecule has 3 rings (SSSR count). The fourth-order valence-electron chi connectivity index (χ4n) is 2.85. The van der Waals surface area contributed by atoms with Gasteiger partial charge in [0.2, 0.25) is 10.0 Å². The molecule has 3 aromatic rings. The van der Waals surface area contributed by atoms with Crippen LogP contribution in [0.25, 0.3) is 10.2 Å². The summed E-state index contributed by atoms with van der Waals surface area (Å²) in [6.07, 6.45) is 0. The van der Waals surface area contributed by atoms with Crippen LogP contribution in [0.3, 0.4) is 0 Å². The van der Waals surface area contributed by atoms with Crippen LogP contribution < -0.4 is 10.1 Å². The molecule has 0 atom stereocenters. The molecule has 166 valence electrons. The number of thiazole rings is 1. The van der Waals surface area contributed by atoms with Crippen molar-refractivity contribution in [2.45, 2.75) is 11.8 Å². The Morgan fingerprint density at radius 2 is 1.81 bits per heavy atom. The zero-order chi connectivity index (χ0) is 22.4. The second kappa shape index (κ2) is 10.6. The second-order valence-corrected chi connectivity index (χ2v) is 10.1. The minimum absolute atomic E-state index is 0.0720. The summed E-state index contributed by atoms with van der Waals surface area (Å²) in [6, 6.07) is 11.3. The van der Waals surface area contributed by atoms with E-state index in [1.165, 1.54) is 39.9 Å². The molecule has 1 amide bonds. The van der Waals surface area contributed by atoms with Crippen LogP contribution in [0.5, 0.6) is 5.75 Å². The number of nitrogens with one attached hydrogen (secondary N) is 1. The number of hydrogen-bond donors (Lipinski definition) is 1. The van der Waals surface area contributed by atoms with Crippen LogP contribution >= 0.6 is 34.5 Å². The molecule has 0 unspecified atom stereocenters. The van der Waals surface area contributed by atoms with Gasteiger partial charge in [0.15, 0.2) is 5.13 Å². The summed E-state index contributed by atoms with van der Waals surface area (Å²) < 4.78 is 33.1. The number of anilines is 1. The number of fused-ring (bicyclic) bond motifs is 1. The van der Waals surface area contributed by atoms with Crippen molar-refractivity contribution in [2.75, 3.05) is 36.8 Å². The molecule has 0 radical (unpaired) electrons. The van der Waals surface area contributed by atoms with Gasteiger partial charge in [0.25, 0.3) is 5.91 Å². The van der Waals surface area contributed by atoms with E-state index in [-0.39, 0.29) is 35.7 Å². The molecule has 11 heteroatoms. The van der Waals surface area contributed by atoms with E-state index in [1.807, 2.05) is 25.1 Å². The van der Waals surface area contributed by atoms with Gasteiger partial charge < -0.3 is 4.74 Å². The van der Waals surface area contributed by atoms with E-state index in [4.69, 9.17) is 27.9 Å². The maximum atomic E-state index is 12.7. The van der Waals surface area contributed by atoms with Gasteiger partial charge in [-0.05, 0) is 43.3 Å². The number of nitrogens with zero attached hydrogens (tertiary/aromatic N) is 2. The first-order valence-electron chi connectivity index (χ1n) is 9.46. The largest absolute Gasteiger partial charge is 0.494 e. The number of sulfonamides is 1. The fourth-order valence-corrected chi connectivity index (χ4v) is 5.75. The summed E-state index contributed by atoms with van der Waals surface area (Å²) in [6.45, 7) is 2.77. The average molecular weight is 502 g/mol. The SMILES string of the molecule is CCOc1ccc2sc(NC(=O)c3ccc(S(=O)(=O)N(CCCl)CCCl)cc3)nc2c1. The number of alkyl halides is 2. The number of amides is 1. The molecule has 1 N–H and O–H groups in total. The van der Waals surface area contributed by atoms with Crippen LogP contribution in [0.4, 0.5) is 5.13 Å². The van der Waals surface area contributed by atoms with Crippen LogP contribution in [-0.2, 0) is 10.0 Å². The highest BCUT2D eigenvalue weighted by Gasteiger charge is 2.23. The first-order valence-corrected chi connectivity index (χ1v) is 12.8. The minimum Gasteiger partial charge on any atom is -0.494 e. The van der Waals surface area contributed by atoms with E-state index < -0.39 is 10.0 Å². The summed E-state index contributed by atoms with van der Waals surface area (Å²) in [5.74, 6) is 0.647. The highest BCUT2D eigenvalue weighted by atomic mass is 35.5. The molecule has 0 spiro atoms. The number of halogens is 2. The Hall–Kier alpha value is -1.91. The third-order valence-electron chi connectivity index (χ3n) is 4.31. The topological polar surface area (TPSA) is 88.6 Å². The highest BCUT2D eigenvalue weighted by Crippen LogP contribution is 2.29. The molecule has 0 aliphatic rings. The zero-order valence-corrected chi connectivity index (χ0v) is 19.8. The number of carbonyl (C=O) groups excluding carboxylic acids is 1. The van der Waals surface area contributed by atoms with Crippen molar-refractivity contribution in [1.82, 2.24) is 9.29 Å². The van der Waals surface area contributed by atoms with Crippen molar-refractivity contribution in [2.24, 2.45) is 0 Å². The molecule has 1 aromatic heterocycles. The summed E-state index contributed by atoms with van der Waals surface area (Å²) in [7, 11) is -3.74. The van der Waals surface area contributed by atoms with Crippen LogP contribution in [0.2, 0.25) is 0 Å². The Bertz CT molecular complexity index is 1140. The summed E-state index contributed by atoms with van der Waals surface area (Å²) in [5.41, 5.74) is 1.04. The standard InChI is InChI=1S/C20H21Cl2N3O4S2/c1-2-29-15-5-8-18-17(13-15)23-20(30-18)24-19(26)14-3-6-16(7-4-14)31(27,28)25(11-9-21)12-10-22/h3-8,13H,2,9-12H2,1H3,(H,23,24,26). The molecule has 2 aromatic carbocycles. The predicted molar refractivity (Wildman–Crippen MR) is 125 cm³/mol. The van der Waals surface area contributed by atoms with Gasteiger partial charge in [-0.1, -0.05) is 11.3 Å². The number of benzene rings is 2. The average Bonchev–Trinajstić information content (AvgIpc) is 3.15. The van der Waals surface area contributed by atoms with Gasteiger partial charge in [-0.2, -0.15) is 4.31 Å². The zero-order valence-electron chi connectivity index (χ0n) is 16.7. The molecule has 0 saturated carbocycles. The first-order chi connectivity index (χ1) is 14.9. The van der Waals surface area contributed by atoms with E-state index in [0.717, 1.165) is 10.2 Å². The Labute approximate surface area is 195 Å². The molecule has 1 heterocycles. The van der Waals surface area contributed by atoms with E-state index in [9.17, 15) is 13.2 Å². The molecule has 0 aliphatic heterocycles. The van der Waals surface area contributed by atoms with Gasteiger partial charge in [0, 0.05) is 36.5 Å². The van der Waals surface area contributed by atoms with Crippen molar-refractivity contribution < 1.29 is 17.9 Å². The summed E-state index contributed by atoms with van der Waals surface area (Å²) in [4.78, 5) is 17.1. The monoisotopic (exact) mass is 501 g/mol. The van der Waals surface area contributed by atoms with Crippen LogP contribution in [0.15, 0.2) is 47.4 Å². The lowest BCUT2D eigenvalue weighted by atomic mass is 10.2. The van der Waals surface area contributed by atoms with Crippen molar-refractivity contribution in [3.8, 4) is 5.75 Å². The maximum Gasteiger partial charge on any atom is 0.257 e. The molecular formula is C20H21Cl2N3O4S2. The van der Waals surface area contributed by atoms with Gasteiger partial charge in [-0.3, -0.25) is 10.1 Å². The third-order valence-corrected chi connectivity index (χ3v) is 7.52. The molecule has 0 fully saturated rings. The van der Waals surface area contributed by atoms with Gasteiger partial charge in [0.1, 0.15) is 5.75 Å². The summed E-state index contributed by atoms with van der Waals surface area (Å²) in [5, 5.41) is 3.20. The van der Waals surface area contributed by atoms with Crippen molar-refractivity contribution in [1.29, 1.82) is 0 Å². The molecule has 0 saturated heterocycles. The normalized spacial score (nSPS) is 11.7. The second-order valence-electron chi connectivity index (χ2n) is 6.34. The summed E-state index contributed by atoms with van der Waals surface area (Å²) >= 11 is 12.8. The number of hydrogen-bond acceptors (Lipinski definition) is 6. The number of ether oxygens (including phenoxy) is 1. The van der Waals surface area contributed by atoms with Gasteiger partial charge in [0.05, 0.1) is 21.7 Å². The Morgan fingerprint density at radius 3 is 2.42 bits per heavy atom. The van der Waals surface area contributed by atoms with E-state index in [1.54, 1.807) is 0 Å². The molecule has 0 aliphatic carbocycles. The van der Waals surface area contributed by atoms with E-state index >= 15 is 0 Å². The van der Waals surface area contributed by atoms with Crippen LogP contribution in [-0.4, -0.2) is 55.1 Å². The van der Waals surface area contributed by atoms with Crippen molar-refractivity contribution in [3.05, 3.63) is 48.0 Å². The highest BCUT2D eigenvalue weighted by molar-refractivity contribution is 7.89. The lowest BCUT2D eigenvalue weighted by Crippen LogP contribution is -2.34. The molecule has 0 bridgehead atoms. The molecule has 31 heavy (non-hydrogen) atoms. The third kappa shape index (κ3) is 5.67. The van der Waals surface area contributed by atoms with E-state index in [2.05, 4.69) is 10.3 Å². The smallest absolute Gasteiger partial charge is 0.257 e. The first kappa shape index (κ1) is 23.7. The van der Waals surface area contributed by atoms with Crippen molar-refractivity contribution in [3.63, 3.8) is 0 Å². The maximum absolute atomic E-state index is 12.7. The van der Waals surface area contributed by atoms with Crippen molar-refractivity contribution >= 4 is 65.8 Å². The van der Waals surface area contributed by atoms with Gasteiger partial charge in [-0.25, -0.2) is 13.4 Å². The van der Waals surface area contributed by atoms with E-state index in [0.29, 0.717) is 23.1 Å². The predicted octanol–water partition coefficient (Wildman–Crippen LogP) is 4.42. The Kier molecular flexibility index (Phi) is 8.12. The van der Waals surface area contributed by atoms with Gasteiger partial charge >= 0.3 is 0 Å². The lowest BCUT2D eigenvalue weighted by Gasteiger charge is -2.20.